The molecule has 2 atom stereocenters. The molecule has 0 saturated heterocycles. The first-order valence-corrected chi connectivity index (χ1v) is 9.91. The summed E-state index contributed by atoms with van der Waals surface area (Å²) in [7, 11) is 0. The molecule has 0 bridgehead atoms. The van der Waals surface area contributed by atoms with Crippen molar-refractivity contribution in [1.29, 1.82) is 0 Å². The van der Waals surface area contributed by atoms with Gasteiger partial charge in [0.1, 0.15) is 5.82 Å². The fourth-order valence-electron chi connectivity index (χ4n) is 3.86. The lowest BCUT2D eigenvalue weighted by Crippen LogP contribution is -2.35. The second-order valence-corrected chi connectivity index (χ2v) is 7.54. The molecular formula is C23H20F3N3O2. The van der Waals surface area contributed by atoms with Crippen LogP contribution in [-0.4, -0.2) is 15.9 Å². The summed E-state index contributed by atoms with van der Waals surface area (Å²) in [6, 6.07) is 11.9. The lowest BCUT2D eigenvalue weighted by atomic mass is 9.81. The van der Waals surface area contributed by atoms with Gasteiger partial charge in [-0.15, -0.1) is 0 Å². The second kappa shape index (κ2) is 8.37. The zero-order chi connectivity index (χ0) is 22.0. The monoisotopic (exact) mass is 427 g/mol. The fourth-order valence-corrected chi connectivity index (χ4v) is 3.86. The Labute approximate surface area is 176 Å². The molecule has 3 aromatic rings. The molecule has 1 aliphatic rings. The number of allylic oxidation sites excluding steroid dienone is 2. The highest BCUT2D eigenvalue weighted by Crippen LogP contribution is 2.33. The summed E-state index contributed by atoms with van der Waals surface area (Å²) in [4.78, 5) is 32.7. The van der Waals surface area contributed by atoms with E-state index in [4.69, 9.17) is 0 Å². The van der Waals surface area contributed by atoms with Crippen LogP contribution in [0.1, 0.15) is 35.7 Å². The molecule has 1 aliphatic carbocycles. The van der Waals surface area contributed by atoms with Gasteiger partial charge in [0.15, 0.2) is 0 Å². The summed E-state index contributed by atoms with van der Waals surface area (Å²) in [6.07, 6.45) is 0.381. The van der Waals surface area contributed by atoms with Crippen LogP contribution >= 0.6 is 0 Å². The van der Waals surface area contributed by atoms with Gasteiger partial charge in [-0.05, 0) is 42.7 Å². The number of hydrogen-bond acceptors (Lipinski definition) is 3. The minimum Gasteiger partial charge on any atom is -0.352 e. The standard InChI is InChI=1S/C23H20F3N3O2/c24-23(25,26)15-7-5-6-14(12-15)13-27-21(30)17-9-2-1-8-16(17)20-28-19-11-4-3-10-18(19)22(31)29-20/h1-7,10-12,16-17H,8-9,13H2,(H,27,30)(H,28,29,31)/t16-,17+/m1/s1. The van der Waals surface area contributed by atoms with Crippen molar-refractivity contribution < 1.29 is 18.0 Å². The van der Waals surface area contributed by atoms with Crippen molar-refractivity contribution in [2.45, 2.75) is 31.5 Å². The summed E-state index contributed by atoms with van der Waals surface area (Å²) in [6.45, 7) is -0.0165. The Morgan fingerprint density at radius 3 is 2.68 bits per heavy atom. The Balaban J connectivity index is 1.54. The number of carbonyl (C=O) groups excluding carboxylic acids is 1. The minimum absolute atomic E-state index is 0.0165. The molecule has 1 amide bonds. The normalized spacial score (nSPS) is 18.8. The number of carbonyl (C=O) groups is 1. The molecule has 0 unspecified atom stereocenters. The van der Waals surface area contributed by atoms with E-state index in [0.29, 0.717) is 35.1 Å². The third kappa shape index (κ3) is 4.52. The number of para-hydroxylation sites is 1. The van der Waals surface area contributed by atoms with Gasteiger partial charge in [-0.25, -0.2) is 4.98 Å². The van der Waals surface area contributed by atoms with E-state index in [-0.39, 0.29) is 23.9 Å². The smallest absolute Gasteiger partial charge is 0.352 e. The van der Waals surface area contributed by atoms with Crippen LogP contribution in [-0.2, 0) is 17.5 Å². The van der Waals surface area contributed by atoms with Crippen LogP contribution in [0.3, 0.4) is 0 Å². The minimum atomic E-state index is -4.44. The Bertz CT molecular complexity index is 1200. The van der Waals surface area contributed by atoms with Crippen LogP contribution in [0.15, 0.2) is 65.5 Å². The fraction of sp³-hybridized carbons (Fsp3) is 0.261. The number of rotatable bonds is 4. The van der Waals surface area contributed by atoms with Crippen LogP contribution in [0.5, 0.6) is 0 Å². The molecule has 1 aromatic heterocycles. The molecule has 4 rings (SSSR count). The SMILES string of the molecule is O=C(NCc1cccc(C(F)(F)F)c1)[C@H]1CC=CC[C@H]1c1nc2ccccc2c(=O)[nH]1. The van der Waals surface area contributed by atoms with Gasteiger partial charge in [0.05, 0.1) is 22.4 Å². The molecule has 2 aromatic carbocycles. The first kappa shape index (κ1) is 20.8. The lowest BCUT2D eigenvalue weighted by molar-refractivity contribution is -0.137. The first-order chi connectivity index (χ1) is 14.8. The average molecular weight is 427 g/mol. The number of hydrogen-bond donors (Lipinski definition) is 2. The molecule has 0 fully saturated rings. The summed E-state index contributed by atoms with van der Waals surface area (Å²) in [5, 5.41) is 3.21. The highest BCUT2D eigenvalue weighted by Gasteiger charge is 2.33. The third-order valence-electron chi connectivity index (χ3n) is 5.47. The van der Waals surface area contributed by atoms with E-state index < -0.39 is 17.7 Å². The average Bonchev–Trinajstić information content (AvgIpc) is 2.77. The zero-order valence-electron chi connectivity index (χ0n) is 16.4. The second-order valence-electron chi connectivity index (χ2n) is 7.54. The summed E-state index contributed by atoms with van der Waals surface area (Å²) < 4.78 is 38.7. The predicted octanol–water partition coefficient (Wildman–Crippen LogP) is 4.31. The molecule has 160 valence electrons. The van der Waals surface area contributed by atoms with E-state index in [9.17, 15) is 22.8 Å². The molecule has 31 heavy (non-hydrogen) atoms. The Kier molecular flexibility index (Phi) is 5.63. The molecule has 1 heterocycles. The number of alkyl halides is 3. The number of fused-ring (bicyclic) bond motifs is 1. The molecule has 5 nitrogen and oxygen atoms in total. The molecular weight excluding hydrogens is 407 g/mol. The van der Waals surface area contributed by atoms with Crippen molar-refractivity contribution in [1.82, 2.24) is 15.3 Å². The maximum Gasteiger partial charge on any atom is 0.416 e. The van der Waals surface area contributed by atoms with E-state index in [2.05, 4.69) is 15.3 Å². The maximum absolute atomic E-state index is 12.9. The number of benzene rings is 2. The topological polar surface area (TPSA) is 74.8 Å². The summed E-state index contributed by atoms with van der Waals surface area (Å²) in [5.41, 5.74) is -0.101. The summed E-state index contributed by atoms with van der Waals surface area (Å²) in [5.74, 6) is -0.668. The van der Waals surface area contributed by atoms with Gasteiger partial charge in [0, 0.05) is 12.5 Å². The molecule has 0 spiro atoms. The summed E-state index contributed by atoms with van der Waals surface area (Å²) >= 11 is 0. The van der Waals surface area contributed by atoms with Gasteiger partial charge in [0.25, 0.3) is 5.56 Å². The van der Waals surface area contributed by atoms with E-state index in [0.717, 1.165) is 12.1 Å². The van der Waals surface area contributed by atoms with Crippen molar-refractivity contribution in [2.75, 3.05) is 0 Å². The van der Waals surface area contributed by atoms with Crippen LogP contribution in [0.2, 0.25) is 0 Å². The van der Waals surface area contributed by atoms with Gasteiger partial charge in [0.2, 0.25) is 5.91 Å². The lowest BCUT2D eigenvalue weighted by Gasteiger charge is -2.27. The Hall–Kier alpha value is -3.42. The van der Waals surface area contributed by atoms with Crippen molar-refractivity contribution in [3.8, 4) is 0 Å². The van der Waals surface area contributed by atoms with E-state index in [1.807, 2.05) is 12.2 Å². The molecule has 0 aliphatic heterocycles. The van der Waals surface area contributed by atoms with Gasteiger partial charge >= 0.3 is 6.18 Å². The molecule has 0 saturated carbocycles. The number of nitrogens with one attached hydrogen (secondary N) is 2. The van der Waals surface area contributed by atoms with Crippen molar-refractivity contribution in [3.63, 3.8) is 0 Å². The van der Waals surface area contributed by atoms with Gasteiger partial charge in [-0.3, -0.25) is 9.59 Å². The quantitative estimate of drug-likeness (QED) is 0.610. The predicted molar refractivity (Wildman–Crippen MR) is 110 cm³/mol. The van der Waals surface area contributed by atoms with E-state index in [1.165, 1.54) is 12.1 Å². The molecule has 0 radical (unpaired) electrons. The molecule has 2 N–H and O–H groups in total. The number of amides is 1. The number of nitrogens with zero attached hydrogens (tertiary/aromatic N) is 1. The zero-order valence-corrected chi connectivity index (χ0v) is 16.4. The van der Waals surface area contributed by atoms with Crippen molar-refractivity contribution in [3.05, 3.63) is 88.0 Å². The maximum atomic E-state index is 12.9. The van der Waals surface area contributed by atoms with Crippen LogP contribution < -0.4 is 10.9 Å². The van der Waals surface area contributed by atoms with E-state index in [1.54, 1.807) is 24.3 Å². The van der Waals surface area contributed by atoms with Gasteiger partial charge < -0.3 is 10.3 Å². The Morgan fingerprint density at radius 2 is 1.87 bits per heavy atom. The largest absolute Gasteiger partial charge is 0.416 e. The number of H-pyrrole nitrogens is 1. The van der Waals surface area contributed by atoms with Gasteiger partial charge in [-0.1, -0.05) is 36.4 Å². The van der Waals surface area contributed by atoms with Crippen LogP contribution in [0.4, 0.5) is 13.2 Å². The Morgan fingerprint density at radius 1 is 1.10 bits per heavy atom. The number of aromatic nitrogens is 2. The van der Waals surface area contributed by atoms with Crippen molar-refractivity contribution in [2.24, 2.45) is 5.92 Å². The van der Waals surface area contributed by atoms with Gasteiger partial charge in [-0.2, -0.15) is 13.2 Å². The van der Waals surface area contributed by atoms with Crippen LogP contribution in [0.25, 0.3) is 10.9 Å². The van der Waals surface area contributed by atoms with Crippen LogP contribution in [0, 0.1) is 5.92 Å². The highest BCUT2D eigenvalue weighted by molar-refractivity contribution is 5.80. The van der Waals surface area contributed by atoms with Crippen molar-refractivity contribution >= 4 is 16.8 Å². The number of halogens is 3. The first-order valence-electron chi connectivity index (χ1n) is 9.91. The van der Waals surface area contributed by atoms with E-state index >= 15 is 0 Å². The number of aromatic amines is 1. The third-order valence-corrected chi connectivity index (χ3v) is 5.47. The highest BCUT2D eigenvalue weighted by atomic mass is 19.4. The molecule has 8 heteroatoms.